The third-order valence-corrected chi connectivity index (χ3v) is 4.90. The van der Waals surface area contributed by atoms with Crippen molar-refractivity contribution in [2.24, 2.45) is 0 Å². The molecule has 2 aliphatic rings. The fraction of sp³-hybridized carbons (Fsp3) is 0.300. The number of hydrogen-bond acceptors (Lipinski definition) is 4. The molecule has 1 saturated heterocycles. The first-order valence-electron chi connectivity index (χ1n) is 8.82. The van der Waals surface area contributed by atoms with Crippen molar-refractivity contribution in [2.45, 2.75) is 18.9 Å². The largest absolute Gasteiger partial charge is 0.445 e. The number of carbonyl (C=O) groups excluding carboxylic acids is 2. The molecule has 0 aliphatic carbocycles. The number of nitrogens with zero attached hydrogens (tertiary/aromatic N) is 2. The van der Waals surface area contributed by atoms with Gasteiger partial charge in [-0.25, -0.2) is 9.69 Å². The van der Waals surface area contributed by atoms with Gasteiger partial charge in [0.15, 0.2) is 0 Å². The van der Waals surface area contributed by atoms with Crippen molar-refractivity contribution in [3.63, 3.8) is 0 Å². The normalized spacial score (nSPS) is 17.7. The molecule has 0 spiro atoms. The molecule has 0 unspecified atom stereocenters. The van der Waals surface area contributed by atoms with Gasteiger partial charge in [-0.05, 0) is 44.2 Å². The number of rotatable bonds is 1. The highest BCUT2D eigenvalue weighted by atomic mass is 16.6. The maximum atomic E-state index is 13.1. The third kappa shape index (κ3) is 3.04. The van der Waals surface area contributed by atoms with Gasteiger partial charge in [0.25, 0.3) is 5.91 Å². The third-order valence-electron chi connectivity index (χ3n) is 4.90. The Kier molecular flexibility index (Phi) is 4.34. The molecule has 2 aliphatic heterocycles. The lowest BCUT2D eigenvalue weighted by Gasteiger charge is -2.31. The molecule has 1 fully saturated rings. The lowest BCUT2D eigenvalue weighted by atomic mass is 10.1. The van der Waals surface area contributed by atoms with E-state index in [9.17, 15) is 9.59 Å². The zero-order chi connectivity index (χ0) is 18.1. The highest BCUT2D eigenvalue weighted by Gasteiger charge is 2.32. The van der Waals surface area contributed by atoms with Crippen molar-refractivity contribution in [1.29, 1.82) is 0 Å². The molecule has 0 aromatic heterocycles. The molecule has 0 bridgehead atoms. The highest BCUT2D eigenvalue weighted by Crippen LogP contribution is 2.38. The Morgan fingerprint density at radius 2 is 1.69 bits per heavy atom. The van der Waals surface area contributed by atoms with Crippen molar-refractivity contribution in [3.05, 3.63) is 54.1 Å². The Morgan fingerprint density at radius 3 is 2.46 bits per heavy atom. The van der Waals surface area contributed by atoms with Crippen LogP contribution in [0.5, 0.6) is 0 Å². The van der Waals surface area contributed by atoms with E-state index in [2.05, 4.69) is 17.3 Å². The predicted molar refractivity (Wildman–Crippen MR) is 100.0 cm³/mol. The number of ether oxygens (including phenoxy) is 1. The van der Waals surface area contributed by atoms with Crippen LogP contribution in [0.25, 0.3) is 0 Å². The van der Waals surface area contributed by atoms with Crippen LogP contribution in [0, 0.1) is 0 Å². The average Bonchev–Trinajstić information content (AvgIpc) is 2.77. The molecule has 0 saturated carbocycles. The number of amides is 2. The summed E-state index contributed by atoms with van der Waals surface area (Å²) in [7, 11) is 2.07. The minimum absolute atomic E-state index is 0.107. The second-order valence-corrected chi connectivity index (χ2v) is 6.71. The first kappa shape index (κ1) is 16.6. The number of para-hydroxylation sites is 3. The number of piperidine rings is 1. The topological polar surface area (TPSA) is 61.9 Å². The number of hydrogen-bond donors (Lipinski definition) is 1. The Morgan fingerprint density at radius 1 is 1.04 bits per heavy atom. The zero-order valence-corrected chi connectivity index (χ0v) is 14.6. The van der Waals surface area contributed by atoms with Crippen molar-refractivity contribution < 1.29 is 14.3 Å². The van der Waals surface area contributed by atoms with Crippen LogP contribution < -0.4 is 10.2 Å². The monoisotopic (exact) mass is 351 g/mol. The van der Waals surface area contributed by atoms with Gasteiger partial charge in [0, 0.05) is 13.1 Å². The molecule has 4 rings (SSSR count). The van der Waals surface area contributed by atoms with Crippen molar-refractivity contribution >= 4 is 29.1 Å². The van der Waals surface area contributed by atoms with Gasteiger partial charge in [-0.3, -0.25) is 4.79 Å². The van der Waals surface area contributed by atoms with Gasteiger partial charge in [0.05, 0.1) is 22.6 Å². The Bertz CT molecular complexity index is 844. The van der Waals surface area contributed by atoms with E-state index in [1.807, 2.05) is 24.3 Å². The maximum absolute atomic E-state index is 13.1. The molecule has 2 heterocycles. The first-order chi connectivity index (χ1) is 12.6. The molecule has 26 heavy (non-hydrogen) atoms. The van der Waals surface area contributed by atoms with Crippen molar-refractivity contribution in [1.82, 2.24) is 4.90 Å². The maximum Gasteiger partial charge on any atom is 0.419 e. The van der Waals surface area contributed by atoms with E-state index in [1.54, 1.807) is 24.3 Å². The number of likely N-dealkylation sites (tertiary alicyclic amines) is 1. The lowest BCUT2D eigenvalue weighted by Crippen LogP contribution is -2.38. The molecule has 1 N–H and O–H groups in total. The van der Waals surface area contributed by atoms with Crippen LogP contribution in [0.4, 0.5) is 21.9 Å². The van der Waals surface area contributed by atoms with E-state index in [0.717, 1.165) is 25.9 Å². The Hall–Kier alpha value is -2.86. The minimum atomic E-state index is -0.448. The van der Waals surface area contributed by atoms with E-state index < -0.39 is 6.09 Å². The first-order valence-corrected chi connectivity index (χ1v) is 8.82. The van der Waals surface area contributed by atoms with E-state index in [-0.39, 0.29) is 12.0 Å². The van der Waals surface area contributed by atoms with Crippen LogP contribution in [-0.4, -0.2) is 43.1 Å². The summed E-state index contributed by atoms with van der Waals surface area (Å²) in [6.07, 6.45) is 1.08. The van der Waals surface area contributed by atoms with E-state index in [1.165, 1.54) is 4.90 Å². The van der Waals surface area contributed by atoms with Crippen molar-refractivity contribution in [3.8, 4) is 0 Å². The fourth-order valence-corrected chi connectivity index (χ4v) is 3.45. The zero-order valence-electron chi connectivity index (χ0n) is 14.6. The predicted octanol–water partition coefficient (Wildman–Crippen LogP) is 3.62. The number of benzene rings is 2. The van der Waals surface area contributed by atoms with Crippen LogP contribution in [0.1, 0.15) is 23.2 Å². The molecular weight excluding hydrogens is 330 g/mol. The Balaban J connectivity index is 1.71. The van der Waals surface area contributed by atoms with Gasteiger partial charge in [-0.2, -0.15) is 0 Å². The summed E-state index contributed by atoms with van der Waals surface area (Å²) in [5, 5.41) is 2.88. The summed E-state index contributed by atoms with van der Waals surface area (Å²) in [6.45, 7) is 1.82. The molecule has 2 amide bonds. The molecule has 2 aromatic carbocycles. The second-order valence-electron chi connectivity index (χ2n) is 6.71. The SMILES string of the molecule is CN1CCC(OC(=O)N2c3ccccc3NC(=O)c3ccccc32)CC1. The lowest BCUT2D eigenvalue weighted by molar-refractivity contribution is 0.0632. The molecule has 6 heteroatoms. The Labute approximate surface area is 152 Å². The molecule has 0 radical (unpaired) electrons. The molecular formula is C20H21N3O3. The standard InChI is InChI=1S/C20H21N3O3/c1-22-12-10-14(11-13-22)26-20(25)23-17-8-4-2-6-15(17)19(24)21-16-7-3-5-9-18(16)23/h2-9,14H,10-13H2,1H3,(H,21,24). The van der Waals surface area contributed by atoms with Gasteiger partial charge in [-0.1, -0.05) is 24.3 Å². The van der Waals surface area contributed by atoms with Crippen LogP contribution in [-0.2, 0) is 4.74 Å². The summed E-state index contributed by atoms with van der Waals surface area (Å²) >= 11 is 0. The van der Waals surface area contributed by atoms with Gasteiger partial charge < -0.3 is 15.0 Å². The molecule has 6 nitrogen and oxygen atoms in total. The molecule has 0 atom stereocenters. The minimum Gasteiger partial charge on any atom is -0.445 e. The van der Waals surface area contributed by atoms with Crippen LogP contribution in [0.15, 0.2) is 48.5 Å². The van der Waals surface area contributed by atoms with Gasteiger partial charge in [-0.15, -0.1) is 0 Å². The summed E-state index contributed by atoms with van der Waals surface area (Å²) < 4.78 is 5.80. The number of fused-ring (bicyclic) bond motifs is 2. The summed E-state index contributed by atoms with van der Waals surface area (Å²) in [6, 6.07) is 14.4. The quantitative estimate of drug-likeness (QED) is 0.852. The van der Waals surface area contributed by atoms with Crippen LogP contribution in [0.2, 0.25) is 0 Å². The summed E-state index contributed by atoms with van der Waals surface area (Å²) in [5.41, 5.74) is 2.19. The van der Waals surface area contributed by atoms with Gasteiger partial charge in [0.2, 0.25) is 0 Å². The number of nitrogens with one attached hydrogen (secondary N) is 1. The number of carbonyl (C=O) groups is 2. The van der Waals surface area contributed by atoms with Crippen molar-refractivity contribution in [2.75, 3.05) is 30.4 Å². The van der Waals surface area contributed by atoms with Crippen LogP contribution in [0.3, 0.4) is 0 Å². The van der Waals surface area contributed by atoms with E-state index in [0.29, 0.717) is 22.6 Å². The fourth-order valence-electron chi connectivity index (χ4n) is 3.45. The van der Waals surface area contributed by atoms with Crippen LogP contribution >= 0.6 is 0 Å². The summed E-state index contributed by atoms with van der Waals surface area (Å²) in [4.78, 5) is 29.4. The summed E-state index contributed by atoms with van der Waals surface area (Å²) in [5.74, 6) is -0.234. The highest BCUT2D eigenvalue weighted by molar-refractivity contribution is 6.16. The number of anilines is 3. The van der Waals surface area contributed by atoms with E-state index in [4.69, 9.17) is 4.74 Å². The van der Waals surface area contributed by atoms with Gasteiger partial charge >= 0.3 is 6.09 Å². The van der Waals surface area contributed by atoms with Gasteiger partial charge in [0.1, 0.15) is 6.10 Å². The average molecular weight is 351 g/mol. The smallest absolute Gasteiger partial charge is 0.419 e. The second kappa shape index (κ2) is 6.80. The van der Waals surface area contributed by atoms with E-state index >= 15 is 0 Å². The molecule has 134 valence electrons. The molecule has 2 aromatic rings.